The van der Waals surface area contributed by atoms with Crippen molar-refractivity contribution in [3.8, 4) is 0 Å². The Hall–Kier alpha value is -5.00. The lowest BCUT2D eigenvalue weighted by atomic mass is 9.99. The van der Waals surface area contributed by atoms with E-state index in [-0.39, 0.29) is 17.9 Å². The number of likely N-dealkylation sites (N-methyl/N-ethyl adjacent to an activating group) is 3. The average Bonchev–Trinajstić information content (AvgIpc) is 3.79. The molecule has 1 unspecified atom stereocenters. The van der Waals surface area contributed by atoms with Crippen molar-refractivity contribution in [3.05, 3.63) is 76.8 Å². The Morgan fingerprint density at radius 1 is 0.788 bits per heavy atom. The van der Waals surface area contributed by atoms with E-state index in [1.165, 1.54) is 0 Å². The predicted molar refractivity (Wildman–Crippen MR) is 216 cm³/mol. The van der Waals surface area contributed by atoms with Crippen molar-refractivity contribution < 1.29 is 9.59 Å². The van der Waals surface area contributed by atoms with Gasteiger partial charge in [-0.15, -0.1) is 0 Å². The van der Waals surface area contributed by atoms with Crippen molar-refractivity contribution in [3.63, 3.8) is 0 Å². The van der Waals surface area contributed by atoms with Gasteiger partial charge in [-0.3, -0.25) is 9.59 Å². The molecule has 11 nitrogen and oxygen atoms in total. The first-order valence-electron chi connectivity index (χ1n) is 18.1. The number of hydrogen-bond donors (Lipinski definition) is 4. The Balaban J connectivity index is 1.66. The number of aromatic nitrogens is 4. The lowest BCUT2D eigenvalue weighted by Gasteiger charge is -2.20. The molecule has 5 heterocycles. The zero-order valence-corrected chi connectivity index (χ0v) is 32.2. The average molecular weight is 706 g/mol. The number of fused-ring (bicyclic) bond motifs is 8. The van der Waals surface area contributed by atoms with Gasteiger partial charge < -0.3 is 35.3 Å². The van der Waals surface area contributed by atoms with Gasteiger partial charge in [0.1, 0.15) is 5.82 Å². The first-order chi connectivity index (χ1) is 24.8. The van der Waals surface area contributed by atoms with Gasteiger partial charge in [-0.2, -0.15) is 0 Å². The Morgan fingerprint density at radius 3 is 2.06 bits per heavy atom. The number of anilines is 1. The molecule has 2 aliphatic rings. The molecule has 4 N–H and O–H groups in total. The van der Waals surface area contributed by atoms with Crippen molar-refractivity contribution in [1.29, 1.82) is 0 Å². The summed E-state index contributed by atoms with van der Waals surface area (Å²) < 4.78 is 0. The van der Waals surface area contributed by atoms with Gasteiger partial charge in [-0.1, -0.05) is 25.3 Å². The molecule has 0 spiro atoms. The summed E-state index contributed by atoms with van der Waals surface area (Å²) in [6.07, 6.45) is 5.55. The lowest BCUT2D eigenvalue weighted by molar-refractivity contribution is -0.129. The first kappa shape index (κ1) is 38.2. The van der Waals surface area contributed by atoms with E-state index in [1.54, 1.807) is 4.90 Å². The van der Waals surface area contributed by atoms with Crippen LogP contribution in [0.25, 0.3) is 45.4 Å². The van der Waals surface area contributed by atoms with Gasteiger partial charge in [0.15, 0.2) is 0 Å². The van der Waals surface area contributed by atoms with Crippen LogP contribution in [0.3, 0.4) is 0 Å². The second kappa shape index (κ2) is 16.6. The van der Waals surface area contributed by atoms with Crippen LogP contribution >= 0.6 is 0 Å². The Labute approximate surface area is 307 Å². The number of carbonyl (C=O) groups excluding carboxylic acids is 2. The minimum atomic E-state index is -0.210. The molecule has 3 aromatic heterocycles. The van der Waals surface area contributed by atoms with Crippen LogP contribution in [0.1, 0.15) is 78.0 Å². The minimum absolute atomic E-state index is 0.00467. The van der Waals surface area contributed by atoms with Gasteiger partial charge in [-0.05, 0) is 102 Å². The highest BCUT2D eigenvalue weighted by Gasteiger charge is 2.25. The summed E-state index contributed by atoms with van der Waals surface area (Å²) in [5.74, 6) is 0.795. The standard InChI is InChI=1S/C41H55N9O2/c1-11-28-25(3)32-21-36-29(12-2)26(4)34(45-36)24-39-46-31(14-15-40(51)42-17-18-48(6)7)38(47-39)23-37-30(27(5)33(44-37)22-35(28)43-32)13-16-41(52)50(10)20-19-49(8)9/h11-12,21-24,31,43,45H,1-2,13-20H2,3-10H3,(H,42,51)(H,46,47). The van der Waals surface area contributed by atoms with Gasteiger partial charge in [0.05, 0.1) is 23.1 Å². The van der Waals surface area contributed by atoms with E-state index >= 15 is 0 Å². The zero-order valence-electron chi connectivity index (χ0n) is 32.2. The maximum absolute atomic E-state index is 13.3. The van der Waals surface area contributed by atoms with E-state index in [0.717, 1.165) is 85.6 Å². The number of allylic oxidation sites excluding steroid dienone is 2. The van der Waals surface area contributed by atoms with Crippen LogP contribution in [0.5, 0.6) is 0 Å². The SMILES string of the molecule is C=Cc1c(C)c2cc3[nH]c(cc4nc(cc5nc(cc1[nH]2)C(C)=C5CCC(=O)N(C)CCN(C)C)C(CCC(=O)NCCN(C)C)N4)c(C)c3C=C. The van der Waals surface area contributed by atoms with Crippen LogP contribution in [0, 0.1) is 13.8 Å². The van der Waals surface area contributed by atoms with Crippen LogP contribution in [0.4, 0.5) is 5.82 Å². The highest BCUT2D eigenvalue weighted by atomic mass is 16.2. The van der Waals surface area contributed by atoms with Crippen LogP contribution in [-0.2, 0) is 9.59 Å². The van der Waals surface area contributed by atoms with Gasteiger partial charge in [0.25, 0.3) is 0 Å². The highest BCUT2D eigenvalue weighted by molar-refractivity contribution is 5.94. The molecule has 2 aliphatic heterocycles. The predicted octanol–water partition coefficient (Wildman–Crippen LogP) is 6.56. The molecule has 0 saturated heterocycles. The number of amides is 2. The molecule has 0 radical (unpaired) electrons. The quantitative estimate of drug-likeness (QED) is 0.150. The minimum Gasteiger partial charge on any atom is -0.362 e. The second-order valence-corrected chi connectivity index (χ2v) is 14.4. The van der Waals surface area contributed by atoms with Gasteiger partial charge in [0.2, 0.25) is 11.8 Å². The van der Waals surface area contributed by atoms with Crippen molar-refractivity contribution in [1.82, 2.24) is 40.0 Å². The third-order valence-corrected chi connectivity index (χ3v) is 10.0. The topological polar surface area (TPSA) is 125 Å². The maximum atomic E-state index is 13.3. The number of hydrogen-bond acceptors (Lipinski definition) is 7. The summed E-state index contributed by atoms with van der Waals surface area (Å²) >= 11 is 0. The molecule has 1 atom stereocenters. The van der Waals surface area contributed by atoms with E-state index in [9.17, 15) is 9.59 Å². The monoisotopic (exact) mass is 705 g/mol. The third kappa shape index (κ3) is 8.71. The fourth-order valence-corrected chi connectivity index (χ4v) is 6.72. The number of H-pyrrole nitrogens is 2. The molecule has 52 heavy (non-hydrogen) atoms. The summed E-state index contributed by atoms with van der Waals surface area (Å²) in [4.78, 5) is 49.5. The number of rotatable bonds is 14. The van der Waals surface area contributed by atoms with Gasteiger partial charge in [-0.25, -0.2) is 9.97 Å². The Bertz CT molecular complexity index is 2050. The number of nitrogens with one attached hydrogen (secondary N) is 4. The summed E-state index contributed by atoms with van der Waals surface area (Å²) in [7, 11) is 9.85. The fraction of sp³-hybridized carbons (Fsp3) is 0.415. The molecule has 0 fully saturated rings. The second-order valence-electron chi connectivity index (χ2n) is 14.4. The molecule has 0 saturated carbocycles. The summed E-state index contributed by atoms with van der Waals surface area (Å²) in [5, 5.41) is 6.62. The molecule has 3 aromatic rings. The molecule has 8 bridgehead atoms. The molecule has 5 rings (SSSR count). The summed E-state index contributed by atoms with van der Waals surface area (Å²) in [6.45, 7) is 17.3. The largest absolute Gasteiger partial charge is 0.362 e. The number of aryl methyl sites for hydroxylation is 2. The number of nitrogens with zero attached hydrogens (tertiary/aromatic N) is 5. The van der Waals surface area contributed by atoms with E-state index in [0.29, 0.717) is 44.6 Å². The van der Waals surface area contributed by atoms with E-state index in [4.69, 9.17) is 9.97 Å². The molecule has 11 heteroatoms. The van der Waals surface area contributed by atoms with Crippen molar-refractivity contribution >= 4 is 63.0 Å². The molecule has 276 valence electrons. The zero-order chi connectivity index (χ0) is 37.7. The number of carbonyl (C=O) groups is 2. The van der Waals surface area contributed by atoms with Crippen molar-refractivity contribution in [2.45, 2.75) is 52.5 Å². The molecule has 0 aromatic carbocycles. The molecule has 0 aliphatic carbocycles. The van der Waals surface area contributed by atoms with Crippen LogP contribution in [-0.4, -0.2) is 108 Å². The first-order valence-corrected chi connectivity index (χ1v) is 18.1. The smallest absolute Gasteiger partial charge is 0.222 e. The Kier molecular flexibility index (Phi) is 12.2. The summed E-state index contributed by atoms with van der Waals surface area (Å²) in [5.41, 5.74) is 12.3. The van der Waals surface area contributed by atoms with Crippen molar-refractivity contribution in [2.24, 2.45) is 0 Å². The fourth-order valence-electron chi connectivity index (χ4n) is 6.72. The van der Waals surface area contributed by atoms with E-state index in [2.05, 4.69) is 71.6 Å². The molecular formula is C41H55N9O2. The highest BCUT2D eigenvalue weighted by Crippen LogP contribution is 2.36. The number of aromatic amines is 2. The summed E-state index contributed by atoms with van der Waals surface area (Å²) in [6, 6.07) is 8.03. The third-order valence-electron chi connectivity index (χ3n) is 10.0. The van der Waals surface area contributed by atoms with Gasteiger partial charge >= 0.3 is 0 Å². The molecular weight excluding hydrogens is 651 g/mol. The Morgan fingerprint density at radius 2 is 1.42 bits per heavy atom. The normalized spacial score (nSPS) is 14.2. The van der Waals surface area contributed by atoms with Crippen molar-refractivity contribution in [2.75, 3.05) is 66.7 Å². The maximum Gasteiger partial charge on any atom is 0.222 e. The van der Waals surface area contributed by atoms with Crippen LogP contribution in [0.2, 0.25) is 0 Å². The van der Waals surface area contributed by atoms with Gasteiger partial charge in [0, 0.05) is 85.3 Å². The molecule has 2 amide bonds. The van der Waals surface area contributed by atoms with E-state index in [1.807, 2.05) is 64.4 Å². The lowest BCUT2D eigenvalue weighted by Crippen LogP contribution is -2.33. The van der Waals surface area contributed by atoms with Crippen LogP contribution < -0.4 is 10.6 Å². The van der Waals surface area contributed by atoms with E-state index < -0.39 is 0 Å². The van der Waals surface area contributed by atoms with Crippen LogP contribution in [0.15, 0.2) is 37.4 Å².